The van der Waals surface area contributed by atoms with Crippen molar-refractivity contribution in [2.24, 2.45) is 7.05 Å². The Balaban J connectivity index is 1.53. The third-order valence-electron chi connectivity index (χ3n) is 4.07. The van der Waals surface area contributed by atoms with Gasteiger partial charge in [-0.05, 0) is 18.9 Å². The first kappa shape index (κ1) is 13.9. The van der Waals surface area contributed by atoms with Gasteiger partial charge in [-0.3, -0.25) is 9.58 Å². The number of hydrogen-bond acceptors (Lipinski definition) is 6. The van der Waals surface area contributed by atoms with Gasteiger partial charge in [0.25, 0.3) is 0 Å². The molecule has 3 heterocycles. The van der Waals surface area contributed by atoms with Gasteiger partial charge in [0.2, 0.25) is 0 Å². The third kappa shape index (κ3) is 3.36. The van der Waals surface area contributed by atoms with E-state index in [1.165, 1.54) is 0 Å². The molecule has 7 heteroatoms. The summed E-state index contributed by atoms with van der Waals surface area (Å²) < 4.78 is 1.75. The zero-order chi connectivity index (χ0) is 14.7. The van der Waals surface area contributed by atoms with Crippen LogP contribution in [0.4, 0.5) is 5.82 Å². The lowest BCUT2D eigenvalue weighted by Crippen LogP contribution is -2.43. The van der Waals surface area contributed by atoms with Gasteiger partial charge in [-0.15, -0.1) is 5.10 Å². The topological polar surface area (TPSA) is 63.0 Å². The molecule has 0 amide bonds. The van der Waals surface area contributed by atoms with Crippen LogP contribution in [0, 0.1) is 0 Å². The molecule has 0 spiro atoms. The third-order valence-corrected chi connectivity index (χ3v) is 4.07. The van der Waals surface area contributed by atoms with E-state index in [0.29, 0.717) is 6.04 Å². The summed E-state index contributed by atoms with van der Waals surface area (Å²) in [6.07, 6.45) is 7.66. The van der Waals surface area contributed by atoms with Gasteiger partial charge >= 0.3 is 0 Å². The van der Waals surface area contributed by atoms with Crippen LogP contribution in [0.2, 0.25) is 0 Å². The van der Waals surface area contributed by atoms with Gasteiger partial charge in [0.1, 0.15) is 12.1 Å². The molecule has 0 N–H and O–H groups in total. The van der Waals surface area contributed by atoms with Crippen LogP contribution in [-0.2, 0) is 13.6 Å². The molecular weight excluding hydrogens is 266 g/mol. The summed E-state index contributed by atoms with van der Waals surface area (Å²) in [4.78, 5) is 13.0. The van der Waals surface area contributed by atoms with Crippen LogP contribution in [0.15, 0.2) is 24.8 Å². The van der Waals surface area contributed by atoms with Crippen molar-refractivity contribution in [1.29, 1.82) is 0 Å². The Morgan fingerprint density at radius 1 is 1.33 bits per heavy atom. The summed E-state index contributed by atoms with van der Waals surface area (Å²) in [5.74, 6) is 0.998. The highest BCUT2D eigenvalue weighted by atomic mass is 15.4. The molecule has 1 aliphatic rings. The summed E-state index contributed by atoms with van der Waals surface area (Å²) in [6, 6.07) is 2.50. The van der Waals surface area contributed by atoms with Crippen LogP contribution in [-0.4, -0.2) is 56.0 Å². The predicted molar refractivity (Wildman–Crippen MR) is 79.7 cm³/mol. The van der Waals surface area contributed by atoms with E-state index in [4.69, 9.17) is 0 Å². The van der Waals surface area contributed by atoms with Crippen LogP contribution in [0.5, 0.6) is 0 Å². The maximum atomic E-state index is 4.32. The molecule has 0 atom stereocenters. The Bertz CT molecular complexity index is 560. The zero-order valence-corrected chi connectivity index (χ0v) is 12.6. The second-order valence-electron chi connectivity index (χ2n) is 5.57. The molecule has 0 bridgehead atoms. The quantitative estimate of drug-likeness (QED) is 0.825. The lowest BCUT2D eigenvalue weighted by Gasteiger charge is -2.36. The van der Waals surface area contributed by atoms with E-state index in [2.05, 4.69) is 37.1 Å². The van der Waals surface area contributed by atoms with E-state index in [1.807, 2.05) is 19.3 Å². The smallest absolute Gasteiger partial charge is 0.131 e. The minimum atomic E-state index is 0.540. The molecule has 1 fully saturated rings. The molecule has 3 rings (SSSR count). The van der Waals surface area contributed by atoms with Crippen LogP contribution < -0.4 is 4.90 Å². The van der Waals surface area contributed by atoms with E-state index in [1.54, 1.807) is 17.2 Å². The standard InChI is InChI=1S/C14H21N7/c1-19-9-12(17-18-19)10-21-7-4-13(5-8-21)20(2)14-3-6-15-11-16-14/h3,6,9,11,13H,4-5,7-8,10H2,1-2H3. The monoisotopic (exact) mass is 287 g/mol. The van der Waals surface area contributed by atoms with Crippen molar-refractivity contribution >= 4 is 5.82 Å². The SMILES string of the molecule is CN(c1ccncn1)C1CCN(Cc2cn(C)nn2)CC1. The Labute approximate surface area is 124 Å². The minimum Gasteiger partial charge on any atom is -0.356 e. The summed E-state index contributed by atoms with van der Waals surface area (Å²) in [7, 11) is 4.02. The molecule has 112 valence electrons. The number of hydrogen-bond donors (Lipinski definition) is 0. The number of rotatable bonds is 4. The van der Waals surface area contributed by atoms with Crippen LogP contribution in [0.1, 0.15) is 18.5 Å². The van der Waals surface area contributed by atoms with E-state index in [-0.39, 0.29) is 0 Å². The average molecular weight is 287 g/mol. The van der Waals surface area contributed by atoms with Gasteiger partial charge in [-0.25, -0.2) is 9.97 Å². The second kappa shape index (κ2) is 6.17. The maximum absolute atomic E-state index is 4.32. The summed E-state index contributed by atoms with van der Waals surface area (Å²) >= 11 is 0. The summed E-state index contributed by atoms with van der Waals surface area (Å²) in [6.45, 7) is 3.05. The van der Waals surface area contributed by atoms with Gasteiger partial charge in [0, 0.05) is 52.2 Å². The van der Waals surface area contributed by atoms with Gasteiger partial charge in [-0.1, -0.05) is 5.21 Å². The molecule has 1 aliphatic heterocycles. The Morgan fingerprint density at radius 3 is 2.76 bits per heavy atom. The van der Waals surface area contributed by atoms with E-state index in [0.717, 1.165) is 44.0 Å². The molecule has 0 unspecified atom stereocenters. The van der Waals surface area contributed by atoms with Crippen molar-refractivity contribution in [3.63, 3.8) is 0 Å². The molecule has 0 aliphatic carbocycles. The molecule has 0 aromatic carbocycles. The van der Waals surface area contributed by atoms with Gasteiger partial charge in [-0.2, -0.15) is 0 Å². The van der Waals surface area contributed by atoms with Gasteiger partial charge < -0.3 is 4.90 Å². The summed E-state index contributed by atoms with van der Waals surface area (Å²) in [5.41, 5.74) is 1.04. The number of piperidine rings is 1. The van der Waals surface area contributed by atoms with E-state index < -0.39 is 0 Å². The molecule has 0 saturated carbocycles. The summed E-state index contributed by atoms with van der Waals surface area (Å²) in [5, 5.41) is 8.14. The maximum Gasteiger partial charge on any atom is 0.131 e. The van der Waals surface area contributed by atoms with Crippen molar-refractivity contribution < 1.29 is 0 Å². The molecule has 2 aromatic rings. The highest BCUT2D eigenvalue weighted by Gasteiger charge is 2.23. The number of aryl methyl sites for hydroxylation is 1. The molecular formula is C14H21N7. The van der Waals surface area contributed by atoms with Crippen LogP contribution in [0.3, 0.4) is 0 Å². The minimum absolute atomic E-state index is 0.540. The van der Waals surface area contributed by atoms with Crippen molar-refractivity contribution in [2.45, 2.75) is 25.4 Å². The molecule has 21 heavy (non-hydrogen) atoms. The van der Waals surface area contributed by atoms with E-state index >= 15 is 0 Å². The van der Waals surface area contributed by atoms with Crippen molar-refractivity contribution in [3.8, 4) is 0 Å². The van der Waals surface area contributed by atoms with Crippen molar-refractivity contribution in [3.05, 3.63) is 30.5 Å². The second-order valence-corrected chi connectivity index (χ2v) is 5.57. The lowest BCUT2D eigenvalue weighted by atomic mass is 10.0. The number of nitrogens with zero attached hydrogens (tertiary/aromatic N) is 7. The predicted octanol–water partition coefficient (Wildman–Crippen LogP) is 0.706. The molecule has 7 nitrogen and oxygen atoms in total. The largest absolute Gasteiger partial charge is 0.356 e. The fraction of sp³-hybridized carbons (Fsp3) is 0.571. The molecule has 1 saturated heterocycles. The van der Waals surface area contributed by atoms with Gasteiger partial charge in [0.05, 0.1) is 5.69 Å². The Hall–Kier alpha value is -2.02. The number of likely N-dealkylation sites (tertiary alicyclic amines) is 1. The first-order valence-corrected chi connectivity index (χ1v) is 7.29. The number of aromatic nitrogens is 5. The molecule has 0 radical (unpaired) electrons. The molecule has 2 aromatic heterocycles. The first-order valence-electron chi connectivity index (χ1n) is 7.29. The number of anilines is 1. The zero-order valence-electron chi connectivity index (χ0n) is 12.6. The normalized spacial score (nSPS) is 17.0. The van der Waals surface area contributed by atoms with Crippen LogP contribution in [0.25, 0.3) is 0 Å². The van der Waals surface area contributed by atoms with Crippen molar-refractivity contribution in [1.82, 2.24) is 29.9 Å². The highest BCUT2D eigenvalue weighted by Crippen LogP contribution is 2.20. The Kier molecular flexibility index (Phi) is 4.10. The van der Waals surface area contributed by atoms with E-state index in [9.17, 15) is 0 Å². The fourth-order valence-corrected chi connectivity index (χ4v) is 2.84. The fourth-order valence-electron chi connectivity index (χ4n) is 2.84. The first-order chi connectivity index (χ1) is 10.2. The average Bonchev–Trinajstić information content (AvgIpc) is 2.93. The van der Waals surface area contributed by atoms with Crippen molar-refractivity contribution in [2.75, 3.05) is 25.0 Å². The highest BCUT2D eigenvalue weighted by molar-refractivity contribution is 5.36. The van der Waals surface area contributed by atoms with Gasteiger partial charge in [0.15, 0.2) is 0 Å². The lowest BCUT2D eigenvalue weighted by molar-refractivity contribution is 0.201. The Morgan fingerprint density at radius 2 is 2.14 bits per heavy atom. The van der Waals surface area contributed by atoms with Crippen LogP contribution >= 0.6 is 0 Å².